The summed E-state index contributed by atoms with van der Waals surface area (Å²) in [6.07, 6.45) is 18.1. The molecule has 0 aromatic rings. The number of quaternary nitrogens is 1. The molecule has 1 fully saturated rings. The van der Waals surface area contributed by atoms with Crippen molar-refractivity contribution in [2.24, 2.45) is 5.92 Å². The van der Waals surface area contributed by atoms with E-state index in [0.29, 0.717) is 13.0 Å². The van der Waals surface area contributed by atoms with Crippen LogP contribution >= 0.6 is 0 Å². The van der Waals surface area contributed by atoms with E-state index in [1.165, 1.54) is 70.6 Å². The molecular weight excluding hydrogens is 376 g/mol. The Balaban J connectivity index is 1.80. The number of unbranched alkanes of at least 4 members (excludes halogenated alkanes) is 11. The summed E-state index contributed by atoms with van der Waals surface area (Å²) in [5, 5.41) is 11.8. The van der Waals surface area contributed by atoms with Crippen LogP contribution in [0.25, 0.3) is 0 Å². The monoisotopic (exact) mass is 426 g/mol. The average molecular weight is 427 g/mol. The zero-order chi connectivity index (χ0) is 21.9. The van der Waals surface area contributed by atoms with Crippen LogP contribution in [0.15, 0.2) is 0 Å². The number of hydroxylamine groups is 2. The molecule has 0 radical (unpaired) electrons. The maximum absolute atomic E-state index is 12.0. The predicted molar refractivity (Wildman–Crippen MR) is 126 cm³/mol. The number of carbonyl (C=O) groups is 1. The van der Waals surface area contributed by atoms with Gasteiger partial charge in [0.1, 0.15) is 0 Å². The van der Waals surface area contributed by atoms with Crippen molar-refractivity contribution in [2.75, 3.05) is 39.4 Å². The lowest BCUT2D eigenvalue weighted by Gasteiger charge is -2.27. The SMILES string of the molecule is CC(C)CCCCCCCCCCCCCCC(=O)[NH+]([O-])CCCN1CCOCC1. The largest absolute Gasteiger partial charge is 0.627 e. The second-order valence-corrected chi connectivity index (χ2v) is 9.58. The van der Waals surface area contributed by atoms with E-state index in [9.17, 15) is 10.0 Å². The number of nitrogens with one attached hydrogen (secondary N) is 1. The molecular formula is C25H50N2O3. The number of ether oxygens (including phenoxy) is 1. The average Bonchev–Trinajstić information content (AvgIpc) is 2.74. The fourth-order valence-corrected chi connectivity index (χ4v) is 4.17. The Morgan fingerprint density at radius 1 is 0.833 bits per heavy atom. The molecule has 178 valence electrons. The lowest BCUT2D eigenvalue weighted by atomic mass is 10.0. The van der Waals surface area contributed by atoms with Crippen molar-refractivity contribution < 1.29 is 14.6 Å². The molecule has 1 aliphatic heterocycles. The molecule has 1 heterocycles. The zero-order valence-corrected chi connectivity index (χ0v) is 20.1. The highest BCUT2D eigenvalue weighted by Gasteiger charge is 2.13. The predicted octanol–water partition coefficient (Wildman–Crippen LogP) is 4.74. The molecule has 30 heavy (non-hydrogen) atoms. The maximum Gasteiger partial charge on any atom is 0.312 e. The Kier molecular flexibility index (Phi) is 17.6. The summed E-state index contributed by atoms with van der Waals surface area (Å²) in [4.78, 5) is 14.3. The quantitative estimate of drug-likeness (QED) is 0.239. The molecule has 5 nitrogen and oxygen atoms in total. The highest BCUT2D eigenvalue weighted by atomic mass is 16.5. The van der Waals surface area contributed by atoms with Crippen LogP contribution in [0.5, 0.6) is 0 Å². The molecule has 1 N–H and O–H groups in total. The fraction of sp³-hybridized carbons (Fsp3) is 0.960. The van der Waals surface area contributed by atoms with Gasteiger partial charge in [-0.15, -0.1) is 0 Å². The van der Waals surface area contributed by atoms with E-state index < -0.39 is 0 Å². The van der Waals surface area contributed by atoms with Gasteiger partial charge < -0.3 is 15.0 Å². The van der Waals surface area contributed by atoms with Crippen LogP contribution in [-0.4, -0.2) is 50.2 Å². The van der Waals surface area contributed by atoms with E-state index in [1.54, 1.807) is 0 Å². The van der Waals surface area contributed by atoms with Gasteiger partial charge in [-0.1, -0.05) is 90.9 Å². The first kappa shape index (κ1) is 27.5. The van der Waals surface area contributed by atoms with Crippen LogP contribution in [0.4, 0.5) is 0 Å². The third-order valence-electron chi connectivity index (χ3n) is 6.23. The van der Waals surface area contributed by atoms with E-state index in [2.05, 4.69) is 18.7 Å². The van der Waals surface area contributed by atoms with Gasteiger partial charge in [-0.3, -0.25) is 4.90 Å². The summed E-state index contributed by atoms with van der Waals surface area (Å²) in [7, 11) is 0. The van der Waals surface area contributed by atoms with E-state index in [4.69, 9.17) is 4.74 Å². The molecule has 0 aromatic heterocycles. The number of nitrogens with zero attached hydrogens (tertiary/aromatic N) is 1. The van der Waals surface area contributed by atoms with Gasteiger partial charge in [-0.2, -0.15) is 0 Å². The van der Waals surface area contributed by atoms with Crippen LogP contribution in [0.2, 0.25) is 0 Å². The number of carbonyl (C=O) groups excluding carboxylic acids is 1. The summed E-state index contributed by atoms with van der Waals surface area (Å²) in [6, 6.07) is 0. The Labute approximate surface area is 186 Å². The van der Waals surface area contributed by atoms with Crippen molar-refractivity contribution in [3.05, 3.63) is 5.21 Å². The molecule has 0 saturated carbocycles. The molecule has 1 unspecified atom stereocenters. The van der Waals surface area contributed by atoms with Gasteiger partial charge in [-0.05, 0) is 12.3 Å². The molecule has 0 aromatic carbocycles. The Hall–Kier alpha value is -0.490. The molecule has 0 spiro atoms. The van der Waals surface area contributed by atoms with Crippen molar-refractivity contribution in [2.45, 2.75) is 110 Å². The van der Waals surface area contributed by atoms with E-state index in [-0.39, 0.29) is 11.0 Å². The van der Waals surface area contributed by atoms with Crippen LogP contribution < -0.4 is 5.06 Å². The minimum atomic E-state index is -0.160. The van der Waals surface area contributed by atoms with Crippen molar-refractivity contribution in [1.82, 2.24) is 4.90 Å². The first-order chi connectivity index (χ1) is 14.6. The molecule has 0 bridgehead atoms. The zero-order valence-electron chi connectivity index (χ0n) is 20.1. The summed E-state index contributed by atoms with van der Waals surface area (Å²) < 4.78 is 5.32. The standard InChI is InChI=1S/C25H50N2O3/c1-24(2)16-13-11-9-7-5-3-4-6-8-10-12-14-17-25(28)27(29)19-15-18-26-20-22-30-23-21-26/h24,27H,3-23H2,1-2H3. The maximum atomic E-state index is 12.0. The van der Waals surface area contributed by atoms with E-state index in [1.807, 2.05) is 0 Å². The first-order valence-corrected chi connectivity index (χ1v) is 13.0. The van der Waals surface area contributed by atoms with Crippen LogP contribution in [-0.2, 0) is 9.53 Å². The number of hydrogen-bond donors (Lipinski definition) is 1. The van der Waals surface area contributed by atoms with Crippen molar-refractivity contribution in [3.63, 3.8) is 0 Å². The Bertz CT molecular complexity index is 398. The summed E-state index contributed by atoms with van der Waals surface area (Å²) in [6.45, 7) is 9.39. The van der Waals surface area contributed by atoms with Crippen molar-refractivity contribution in [1.29, 1.82) is 0 Å². The van der Waals surface area contributed by atoms with Gasteiger partial charge >= 0.3 is 5.91 Å². The van der Waals surface area contributed by atoms with Gasteiger partial charge in [0.2, 0.25) is 0 Å². The topological polar surface area (TPSA) is 57.0 Å². The van der Waals surface area contributed by atoms with Crippen LogP contribution in [0.3, 0.4) is 0 Å². The molecule has 1 rings (SSSR count). The number of amides is 1. The molecule has 1 atom stereocenters. The van der Waals surface area contributed by atoms with Gasteiger partial charge in [0.25, 0.3) is 0 Å². The van der Waals surface area contributed by atoms with Crippen LogP contribution in [0, 0.1) is 11.1 Å². The molecule has 1 aliphatic rings. The number of rotatable bonds is 19. The third-order valence-corrected chi connectivity index (χ3v) is 6.23. The van der Waals surface area contributed by atoms with Gasteiger partial charge in [-0.25, -0.2) is 4.79 Å². The third kappa shape index (κ3) is 16.2. The summed E-state index contributed by atoms with van der Waals surface area (Å²) in [5.41, 5.74) is 0. The van der Waals surface area contributed by atoms with E-state index >= 15 is 0 Å². The second kappa shape index (κ2) is 19.2. The fourth-order valence-electron chi connectivity index (χ4n) is 4.17. The lowest BCUT2D eigenvalue weighted by molar-refractivity contribution is -0.765. The lowest BCUT2D eigenvalue weighted by Crippen LogP contribution is -3.10. The van der Waals surface area contributed by atoms with Crippen molar-refractivity contribution in [3.8, 4) is 0 Å². The van der Waals surface area contributed by atoms with Crippen LogP contribution in [0.1, 0.15) is 110 Å². The number of hydrogen-bond acceptors (Lipinski definition) is 4. The summed E-state index contributed by atoms with van der Waals surface area (Å²) in [5.74, 6) is 0.708. The number of morpholine rings is 1. The summed E-state index contributed by atoms with van der Waals surface area (Å²) >= 11 is 0. The molecule has 1 saturated heterocycles. The minimum absolute atomic E-state index is 0.148. The van der Waals surface area contributed by atoms with Crippen molar-refractivity contribution >= 4 is 5.91 Å². The van der Waals surface area contributed by atoms with Gasteiger partial charge in [0.15, 0.2) is 0 Å². The Morgan fingerprint density at radius 2 is 1.33 bits per heavy atom. The first-order valence-electron chi connectivity index (χ1n) is 13.0. The van der Waals surface area contributed by atoms with E-state index in [0.717, 1.165) is 58.0 Å². The molecule has 1 amide bonds. The van der Waals surface area contributed by atoms with Gasteiger partial charge in [0.05, 0.1) is 26.2 Å². The Morgan fingerprint density at radius 3 is 1.87 bits per heavy atom. The second-order valence-electron chi connectivity index (χ2n) is 9.58. The minimum Gasteiger partial charge on any atom is -0.627 e. The molecule has 5 heteroatoms. The molecule has 0 aliphatic carbocycles. The van der Waals surface area contributed by atoms with Gasteiger partial charge in [0, 0.05) is 26.1 Å². The highest BCUT2D eigenvalue weighted by molar-refractivity contribution is 5.66. The highest BCUT2D eigenvalue weighted by Crippen LogP contribution is 2.14. The smallest absolute Gasteiger partial charge is 0.312 e. The normalized spacial score (nSPS) is 16.3.